The van der Waals surface area contributed by atoms with Gasteiger partial charge in [0.15, 0.2) is 0 Å². The Balaban J connectivity index is 2.77. The molecule has 0 aliphatic rings. The lowest BCUT2D eigenvalue weighted by atomic mass is 10.2. The van der Waals surface area contributed by atoms with E-state index in [1.54, 1.807) is 37.3 Å². The normalized spacial score (nSPS) is 10.4. The number of carbonyl (C=O) groups is 1. The summed E-state index contributed by atoms with van der Waals surface area (Å²) in [6, 6.07) is 9.66. The van der Waals surface area contributed by atoms with Crippen LogP contribution in [0.15, 0.2) is 46.0 Å². The summed E-state index contributed by atoms with van der Waals surface area (Å²) in [5, 5.41) is 10.7. The van der Waals surface area contributed by atoms with E-state index in [2.05, 4.69) is 0 Å². The van der Waals surface area contributed by atoms with E-state index >= 15 is 0 Å². The minimum absolute atomic E-state index is 0.0800. The fraction of sp³-hybridized carbons (Fsp3) is 0.214. The molecule has 6 nitrogen and oxygen atoms in total. The Hall–Kier alpha value is -2.63. The lowest BCUT2D eigenvalue weighted by Gasteiger charge is -2.15. The monoisotopic (exact) mass is 273 g/mol. The summed E-state index contributed by atoms with van der Waals surface area (Å²) in [5.41, 5.74) is -0.519. The molecule has 1 heterocycles. The molecule has 2 rings (SSSR count). The maximum atomic E-state index is 12.3. The zero-order valence-electron chi connectivity index (χ0n) is 10.9. The fourth-order valence-corrected chi connectivity index (χ4v) is 2.03. The van der Waals surface area contributed by atoms with E-state index in [-0.39, 0.29) is 5.56 Å². The van der Waals surface area contributed by atoms with Crippen LogP contribution in [0.2, 0.25) is 0 Å². The topological polar surface area (TPSA) is 84.1 Å². The van der Waals surface area contributed by atoms with Gasteiger partial charge in [-0.1, -0.05) is 18.2 Å². The smallest absolute Gasteiger partial charge is 0.273 e. The van der Waals surface area contributed by atoms with Gasteiger partial charge in [-0.3, -0.25) is 9.59 Å². The van der Waals surface area contributed by atoms with Crippen molar-refractivity contribution in [2.75, 3.05) is 0 Å². The lowest BCUT2D eigenvalue weighted by molar-refractivity contribution is -0.304. The van der Waals surface area contributed by atoms with Crippen LogP contribution in [0.5, 0.6) is 0 Å². The minimum Gasteiger partial charge on any atom is -0.550 e. The Morgan fingerprint density at radius 1 is 1.20 bits per heavy atom. The molecule has 0 radical (unpaired) electrons. The van der Waals surface area contributed by atoms with Crippen LogP contribution in [0, 0.1) is 0 Å². The molecule has 0 unspecified atom stereocenters. The Morgan fingerprint density at radius 3 is 2.40 bits per heavy atom. The van der Waals surface area contributed by atoms with Crippen LogP contribution >= 0.6 is 0 Å². The second kappa shape index (κ2) is 5.56. The van der Waals surface area contributed by atoms with Crippen LogP contribution in [0.3, 0.4) is 0 Å². The van der Waals surface area contributed by atoms with E-state index in [1.165, 1.54) is 9.36 Å². The quantitative estimate of drug-likeness (QED) is 0.738. The largest absolute Gasteiger partial charge is 0.550 e. The van der Waals surface area contributed by atoms with Crippen molar-refractivity contribution in [2.45, 2.75) is 19.9 Å². The van der Waals surface area contributed by atoms with Gasteiger partial charge in [-0.15, -0.1) is 0 Å². The molecule has 1 aromatic heterocycles. The van der Waals surface area contributed by atoms with Gasteiger partial charge in [0.05, 0.1) is 5.69 Å². The number of aliphatic carboxylic acids is 1. The highest BCUT2D eigenvalue weighted by atomic mass is 16.4. The molecule has 1 aromatic carbocycles. The van der Waals surface area contributed by atoms with Gasteiger partial charge in [0.2, 0.25) is 0 Å². The number of carboxylic acid groups (broad SMARTS) is 1. The zero-order chi connectivity index (χ0) is 14.7. The number of para-hydroxylation sites is 1. The first-order valence-electron chi connectivity index (χ1n) is 6.16. The molecule has 0 aliphatic carbocycles. The van der Waals surface area contributed by atoms with Gasteiger partial charge in [0.1, 0.15) is 0 Å². The van der Waals surface area contributed by atoms with Crippen molar-refractivity contribution in [3.8, 4) is 5.69 Å². The lowest BCUT2D eigenvalue weighted by Crippen LogP contribution is -2.40. The molecule has 104 valence electrons. The minimum atomic E-state index is -1.39. The highest BCUT2D eigenvalue weighted by Gasteiger charge is 2.12. The third-order valence-corrected chi connectivity index (χ3v) is 2.90. The van der Waals surface area contributed by atoms with Crippen molar-refractivity contribution in [3.63, 3.8) is 0 Å². The summed E-state index contributed by atoms with van der Waals surface area (Å²) in [7, 11) is 0. The second-order valence-electron chi connectivity index (χ2n) is 4.22. The van der Waals surface area contributed by atoms with Crippen LogP contribution < -0.4 is 16.2 Å². The maximum absolute atomic E-state index is 12.3. The maximum Gasteiger partial charge on any atom is 0.273 e. The Labute approximate surface area is 114 Å². The third-order valence-electron chi connectivity index (χ3n) is 2.90. The number of nitrogens with zero attached hydrogens (tertiary/aromatic N) is 2. The highest BCUT2D eigenvalue weighted by molar-refractivity contribution is 5.67. The molecule has 0 atom stereocenters. The van der Waals surface area contributed by atoms with Crippen molar-refractivity contribution in [1.82, 2.24) is 9.36 Å². The van der Waals surface area contributed by atoms with Crippen LogP contribution in [0.25, 0.3) is 5.69 Å². The molecule has 0 bridgehead atoms. The van der Waals surface area contributed by atoms with Crippen molar-refractivity contribution < 1.29 is 9.90 Å². The number of hydrogen-bond donors (Lipinski definition) is 0. The number of aromatic nitrogens is 2. The van der Waals surface area contributed by atoms with Gasteiger partial charge >= 0.3 is 0 Å². The van der Waals surface area contributed by atoms with Crippen molar-refractivity contribution in [3.05, 3.63) is 62.7 Å². The van der Waals surface area contributed by atoms with Gasteiger partial charge in [0, 0.05) is 30.6 Å². The van der Waals surface area contributed by atoms with Gasteiger partial charge in [0.25, 0.3) is 11.1 Å². The molecule has 0 aliphatic heterocycles. The molecule has 0 saturated heterocycles. The summed E-state index contributed by atoms with van der Waals surface area (Å²) in [6.07, 6.45) is -0.578. The van der Waals surface area contributed by atoms with Crippen molar-refractivity contribution in [2.24, 2.45) is 0 Å². The molecule has 0 spiro atoms. The summed E-state index contributed by atoms with van der Waals surface area (Å²) < 4.78 is 2.46. The van der Waals surface area contributed by atoms with E-state index in [0.29, 0.717) is 12.2 Å². The van der Waals surface area contributed by atoms with E-state index < -0.39 is 23.5 Å². The summed E-state index contributed by atoms with van der Waals surface area (Å²) in [6.45, 7) is 2.03. The molecule has 6 heteroatoms. The zero-order valence-corrected chi connectivity index (χ0v) is 10.9. The van der Waals surface area contributed by atoms with E-state index in [0.717, 1.165) is 6.07 Å². The number of carboxylic acids is 1. The first-order valence-corrected chi connectivity index (χ1v) is 6.16. The molecule has 0 amide bonds. The number of carbonyl (C=O) groups excluding carboxylic acids is 1. The first-order chi connectivity index (χ1) is 9.54. The molecular weight excluding hydrogens is 260 g/mol. The van der Waals surface area contributed by atoms with Gasteiger partial charge in [-0.2, -0.15) is 0 Å². The Bertz CT molecular complexity index is 744. The van der Waals surface area contributed by atoms with Gasteiger partial charge < -0.3 is 9.90 Å². The summed E-state index contributed by atoms with van der Waals surface area (Å²) >= 11 is 0. The number of benzene rings is 1. The fourth-order valence-electron chi connectivity index (χ4n) is 2.03. The first kappa shape index (κ1) is 13.8. The predicted molar refractivity (Wildman–Crippen MR) is 70.7 cm³/mol. The Kier molecular flexibility index (Phi) is 3.84. The van der Waals surface area contributed by atoms with Crippen molar-refractivity contribution in [1.29, 1.82) is 0 Å². The molecule has 0 saturated carbocycles. The van der Waals surface area contributed by atoms with Crippen LogP contribution in [-0.4, -0.2) is 15.3 Å². The second-order valence-corrected chi connectivity index (χ2v) is 4.22. The van der Waals surface area contributed by atoms with E-state index in [9.17, 15) is 19.5 Å². The Morgan fingerprint density at radius 2 is 1.85 bits per heavy atom. The summed E-state index contributed by atoms with van der Waals surface area (Å²) in [5.74, 6) is -1.39. The standard InChI is InChI=1S/C14H14N2O4/c1-2-15-12(17)8-10(9-13(18)19)14(20)16(15)11-6-4-3-5-7-11/h3-8H,2,9H2,1H3,(H,18,19)/p-1. The van der Waals surface area contributed by atoms with Crippen LogP contribution in [0.4, 0.5) is 0 Å². The third kappa shape index (κ3) is 2.54. The molecule has 0 fully saturated rings. The highest BCUT2D eigenvalue weighted by Crippen LogP contribution is 2.03. The van der Waals surface area contributed by atoms with Crippen LogP contribution in [-0.2, 0) is 17.8 Å². The molecule has 2 aromatic rings. The number of hydrogen-bond acceptors (Lipinski definition) is 4. The van der Waals surface area contributed by atoms with Gasteiger partial charge in [-0.05, 0) is 19.1 Å². The van der Waals surface area contributed by atoms with Crippen molar-refractivity contribution >= 4 is 5.97 Å². The average Bonchev–Trinajstić information content (AvgIpc) is 2.42. The average molecular weight is 273 g/mol. The SMILES string of the molecule is CCn1c(=O)cc(CC(=O)[O-])c(=O)n1-c1ccccc1. The molecular formula is C14H13N2O4-. The molecule has 0 N–H and O–H groups in total. The van der Waals surface area contributed by atoms with E-state index in [1.807, 2.05) is 0 Å². The summed E-state index contributed by atoms with van der Waals surface area (Å²) in [4.78, 5) is 35.0. The number of rotatable bonds is 4. The molecule has 20 heavy (non-hydrogen) atoms. The van der Waals surface area contributed by atoms with Gasteiger partial charge in [-0.25, -0.2) is 9.36 Å². The predicted octanol–water partition coefficient (Wildman–Crippen LogP) is -0.688. The van der Waals surface area contributed by atoms with Crippen LogP contribution in [0.1, 0.15) is 12.5 Å². The van der Waals surface area contributed by atoms with E-state index in [4.69, 9.17) is 0 Å².